The second kappa shape index (κ2) is 7.16. The highest BCUT2D eigenvalue weighted by atomic mass is 35.5. The molecule has 1 saturated carbocycles. The van der Waals surface area contributed by atoms with Crippen molar-refractivity contribution in [2.45, 2.75) is 31.5 Å². The fourth-order valence-corrected chi connectivity index (χ4v) is 2.93. The molecule has 1 atom stereocenters. The molecule has 0 unspecified atom stereocenters. The molecule has 2 aromatic carbocycles. The van der Waals surface area contributed by atoms with Gasteiger partial charge in [0.25, 0.3) is 0 Å². The first-order chi connectivity index (χ1) is 11.1. The van der Waals surface area contributed by atoms with E-state index in [0.29, 0.717) is 12.6 Å². The molecule has 0 bridgehead atoms. The van der Waals surface area contributed by atoms with Crippen LogP contribution in [0.2, 0.25) is 5.02 Å². The molecule has 1 amide bonds. The summed E-state index contributed by atoms with van der Waals surface area (Å²) in [6, 6.07) is 17.7. The van der Waals surface area contributed by atoms with Crippen LogP contribution >= 0.6 is 11.6 Å². The van der Waals surface area contributed by atoms with Crippen molar-refractivity contribution in [1.29, 1.82) is 0 Å². The Bertz CT molecular complexity index is 670. The van der Waals surface area contributed by atoms with E-state index in [1.54, 1.807) is 0 Å². The largest absolute Gasteiger partial charge is 0.352 e. The van der Waals surface area contributed by atoms with Gasteiger partial charge in [-0.2, -0.15) is 0 Å². The first kappa shape index (κ1) is 16.0. The van der Waals surface area contributed by atoms with Crippen LogP contribution in [0.15, 0.2) is 54.6 Å². The fourth-order valence-electron chi connectivity index (χ4n) is 2.74. The molecule has 0 heterocycles. The smallest absolute Gasteiger partial charge is 0.242 e. The summed E-state index contributed by atoms with van der Waals surface area (Å²) in [6.07, 6.45) is 2.17. The van der Waals surface area contributed by atoms with Gasteiger partial charge in [-0.15, -0.1) is 0 Å². The molecule has 120 valence electrons. The van der Waals surface area contributed by atoms with Gasteiger partial charge < -0.3 is 5.32 Å². The minimum atomic E-state index is -0.312. The molecule has 2 aromatic rings. The maximum Gasteiger partial charge on any atom is 0.242 e. The number of carbonyl (C=O) groups is 1. The standard InChI is InChI=1S/C19H21ClN2O/c1-22(13-15-9-5-6-10-17(15)20)18(14-7-3-2-4-8-14)19(23)21-16-11-12-16/h2-10,16,18H,11-13H2,1H3,(H,21,23)/t18-/m0/s1. The van der Waals surface area contributed by atoms with Gasteiger partial charge >= 0.3 is 0 Å². The lowest BCUT2D eigenvalue weighted by molar-refractivity contribution is -0.126. The monoisotopic (exact) mass is 328 g/mol. The molecule has 4 heteroatoms. The number of halogens is 1. The Labute approximate surface area is 142 Å². The maximum absolute atomic E-state index is 12.7. The zero-order chi connectivity index (χ0) is 16.2. The molecule has 3 rings (SSSR count). The third-order valence-electron chi connectivity index (χ3n) is 4.11. The van der Waals surface area contributed by atoms with Crippen molar-refractivity contribution in [1.82, 2.24) is 10.2 Å². The molecular formula is C19H21ClN2O. The van der Waals surface area contributed by atoms with Crippen molar-refractivity contribution in [3.63, 3.8) is 0 Å². The van der Waals surface area contributed by atoms with E-state index in [9.17, 15) is 4.79 Å². The minimum Gasteiger partial charge on any atom is -0.352 e. The summed E-state index contributed by atoms with van der Waals surface area (Å²) in [6.45, 7) is 0.622. The number of hydrogen-bond donors (Lipinski definition) is 1. The van der Waals surface area contributed by atoms with Crippen LogP contribution < -0.4 is 5.32 Å². The van der Waals surface area contributed by atoms with Gasteiger partial charge in [-0.3, -0.25) is 9.69 Å². The average Bonchev–Trinajstić information content (AvgIpc) is 3.35. The van der Waals surface area contributed by atoms with Crippen LogP contribution in [0.4, 0.5) is 0 Å². The van der Waals surface area contributed by atoms with E-state index < -0.39 is 0 Å². The summed E-state index contributed by atoms with van der Waals surface area (Å²) in [7, 11) is 1.97. The lowest BCUT2D eigenvalue weighted by atomic mass is 10.0. The summed E-state index contributed by atoms with van der Waals surface area (Å²) in [5.74, 6) is 0.0632. The molecule has 0 aliphatic heterocycles. The van der Waals surface area contributed by atoms with Gasteiger partial charge in [-0.25, -0.2) is 0 Å². The van der Waals surface area contributed by atoms with Crippen LogP contribution in [0, 0.1) is 0 Å². The number of nitrogens with zero attached hydrogens (tertiary/aromatic N) is 1. The number of amides is 1. The van der Waals surface area contributed by atoms with Crippen molar-refractivity contribution in [3.8, 4) is 0 Å². The Morgan fingerprint density at radius 2 is 1.83 bits per heavy atom. The molecule has 1 N–H and O–H groups in total. The molecule has 1 aliphatic rings. The van der Waals surface area contributed by atoms with Gasteiger partial charge in [0, 0.05) is 17.6 Å². The average molecular weight is 329 g/mol. The first-order valence-electron chi connectivity index (χ1n) is 7.94. The summed E-state index contributed by atoms with van der Waals surface area (Å²) >= 11 is 6.27. The zero-order valence-electron chi connectivity index (χ0n) is 13.2. The Balaban J connectivity index is 1.81. The third kappa shape index (κ3) is 4.12. The van der Waals surface area contributed by atoms with Gasteiger partial charge in [0.1, 0.15) is 6.04 Å². The zero-order valence-corrected chi connectivity index (χ0v) is 14.0. The van der Waals surface area contributed by atoms with E-state index in [1.807, 2.05) is 66.5 Å². The SMILES string of the molecule is CN(Cc1ccccc1Cl)[C@H](C(=O)NC1CC1)c1ccccc1. The highest BCUT2D eigenvalue weighted by molar-refractivity contribution is 6.31. The van der Waals surface area contributed by atoms with Crippen LogP contribution in [0.25, 0.3) is 0 Å². The number of rotatable bonds is 6. The van der Waals surface area contributed by atoms with Gasteiger partial charge in [0.15, 0.2) is 0 Å². The molecule has 0 radical (unpaired) electrons. The molecule has 0 spiro atoms. The van der Waals surface area contributed by atoms with Crippen molar-refractivity contribution in [3.05, 3.63) is 70.7 Å². The highest BCUT2D eigenvalue weighted by Gasteiger charge is 2.30. The molecule has 0 aromatic heterocycles. The van der Waals surface area contributed by atoms with E-state index in [1.165, 1.54) is 0 Å². The Kier molecular flexibility index (Phi) is 4.99. The van der Waals surface area contributed by atoms with Gasteiger partial charge in [-0.05, 0) is 37.1 Å². The van der Waals surface area contributed by atoms with E-state index in [-0.39, 0.29) is 11.9 Å². The number of carbonyl (C=O) groups excluding carboxylic acids is 1. The second-order valence-corrected chi connectivity index (χ2v) is 6.51. The third-order valence-corrected chi connectivity index (χ3v) is 4.47. The quantitative estimate of drug-likeness (QED) is 0.875. The minimum absolute atomic E-state index is 0.0632. The van der Waals surface area contributed by atoms with Crippen LogP contribution in [-0.2, 0) is 11.3 Å². The van der Waals surface area contributed by atoms with Crippen molar-refractivity contribution in [2.24, 2.45) is 0 Å². The normalized spacial score (nSPS) is 15.4. The molecular weight excluding hydrogens is 308 g/mol. The summed E-state index contributed by atoms with van der Waals surface area (Å²) in [5.41, 5.74) is 2.03. The van der Waals surface area contributed by atoms with Crippen molar-refractivity contribution >= 4 is 17.5 Å². The lowest BCUT2D eigenvalue weighted by Gasteiger charge is -2.28. The number of hydrogen-bond acceptors (Lipinski definition) is 2. The van der Waals surface area contributed by atoms with Gasteiger partial charge in [0.05, 0.1) is 0 Å². The van der Waals surface area contributed by atoms with E-state index >= 15 is 0 Å². The molecule has 23 heavy (non-hydrogen) atoms. The topological polar surface area (TPSA) is 32.3 Å². The molecule has 0 saturated heterocycles. The van der Waals surface area contributed by atoms with E-state index in [2.05, 4.69) is 5.32 Å². The summed E-state index contributed by atoms with van der Waals surface area (Å²) in [5, 5.41) is 3.85. The molecule has 1 fully saturated rings. The van der Waals surface area contributed by atoms with Crippen LogP contribution in [0.1, 0.15) is 30.0 Å². The van der Waals surface area contributed by atoms with Crippen LogP contribution in [-0.4, -0.2) is 23.9 Å². The molecule has 1 aliphatic carbocycles. The summed E-state index contributed by atoms with van der Waals surface area (Å²) < 4.78 is 0. The second-order valence-electron chi connectivity index (χ2n) is 6.10. The van der Waals surface area contributed by atoms with Crippen LogP contribution in [0.3, 0.4) is 0 Å². The predicted molar refractivity (Wildman–Crippen MR) is 93.3 cm³/mol. The highest BCUT2D eigenvalue weighted by Crippen LogP contribution is 2.26. The maximum atomic E-state index is 12.7. The number of likely N-dealkylation sites (N-methyl/N-ethyl adjacent to an activating group) is 1. The van der Waals surface area contributed by atoms with E-state index in [4.69, 9.17) is 11.6 Å². The van der Waals surface area contributed by atoms with Gasteiger partial charge in [0.2, 0.25) is 5.91 Å². The molecule has 3 nitrogen and oxygen atoms in total. The lowest BCUT2D eigenvalue weighted by Crippen LogP contribution is -2.39. The first-order valence-corrected chi connectivity index (χ1v) is 8.32. The summed E-state index contributed by atoms with van der Waals surface area (Å²) in [4.78, 5) is 14.8. The van der Waals surface area contributed by atoms with Crippen LogP contribution in [0.5, 0.6) is 0 Å². The van der Waals surface area contributed by atoms with E-state index in [0.717, 1.165) is 29.0 Å². The Morgan fingerprint density at radius 3 is 2.48 bits per heavy atom. The van der Waals surface area contributed by atoms with Crippen molar-refractivity contribution < 1.29 is 4.79 Å². The van der Waals surface area contributed by atoms with Crippen molar-refractivity contribution in [2.75, 3.05) is 7.05 Å². The predicted octanol–water partition coefficient (Wildman–Crippen LogP) is 3.79. The number of nitrogens with one attached hydrogen (secondary N) is 1. The van der Waals surface area contributed by atoms with Gasteiger partial charge in [-0.1, -0.05) is 60.1 Å². The number of benzene rings is 2. The fraction of sp³-hybridized carbons (Fsp3) is 0.316. The Hall–Kier alpha value is -1.84. The Morgan fingerprint density at radius 1 is 1.17 bits per heavy atom.